The average molecular weight is 250 g/mol. The van der Waals surface area contributed by atoms with E-state index in [1.807, 2.05) is 0 Å². The largest absolute Gasteiger partial charge is 0.356 e. The molecule has 3 nitrogen and oxygen atoms in total. The topological polar surface area (TPSA) is 55.1 Å². The molecule has 0 aromatic carbocycles. The summed E-state index contributed by atoms with van der Waals surface area (Å²) in [7, 11) is 0. The fourth-order valence-electron chi connectivity index (χ4n) is 4.26. The Hall–Kier alpha value is -0.570. The summed E-state index contributed by atoms with van der Waals surface area (Å²) in [5.74, 6) is 2.79. The molecule has 3 saturated carbocycles. The molecule has 3 rings (SSSR count). The van der Waals surface area contributed by atoms with E-state index in [0.717, 1.165) is 31.2 Å². The van der Waals surface area contributed by atoms with E-state index in [1.54, 1.807) is 0 Å². The van der Waals surface area contributed by atoms with Crippen molar-refractivity contribution in [1.29, 1.82) is 0 Å². The van der Waals surface area contributed by atoms with Gasteiger partial charge in [0.05, 0.1) is 0 Å². The Labute approximate surface area is 110 Å². The van der Waals surface area contributed by atoms with E-state index < -0.39 is 0 Å². The summed E-state index contributed by atoms with van der Waals surface area (Å²) >= 11 is 0. The van der Waals surface area contributed by atoms with Gasteiger partial charge >= 0.3 is 0 Å². The van der Waals surface area contributed by atoms with Crippen LogP contribution in [0, 0.1) is 23.7 Å². The van der Waals surface area contributed by atoms with Gasteiger partial charge in [0.2, 0.25) is 5.91 Å². The first kappa shape index (κ1) is 12.5. The first-order valence-electron chi connectivity index (χ1n) is 7.79. The van der Waals surface area contributed by atoms with Crippen LogP contribution in [0.25, 0.3) is 0 Å². The molecular formula is C15H26N2O. The van der Waals surface area contributed by atoms with Gasteiger partial charge in [0.15, 0.2) is 0 Å². The van der Waals surface area contributed by atoms with Crippen LogP contribution in [0.3, 0.4) is 0 Å². The number of nitrogens with one attached hydrogen (secondary N) is 1. The van der Waals surface area contributed by atoms with Crippen LogP contribution in [0.15, 0.2) is 0 Å². The van der Waals surface area contributed by atoms with Gasteiger partial charge in [-0.2, -0.15) is 0 Å². The fourth-order valence-corrected chi connectivity index (χ4v) is 4.26. The molecule has 4 unspecified atom stereocenters. The van der Waals surface area contributed by atoms with E-state index in [4.69, 9.17) is 5.73 Å². The Morgan fingerprint density at radius 3 is 2.44 bits per heavy atom. The van der Waals surface area contributed by atoms with Crippen molar-refractivity contribution in [3.05, 3.63) is 0 Å². The minimum Gasteiger partial charge on any atom is -0.356 e. The molecule has 1 amide bonds. The predicted molar refractivity (Wildman–Crippen MR) is 71.9 cm³/mol. The van der Waals surface area contributed by atoms with Crippen LogP contribution in [0.4, 0.5) is 0 Å². The lowest BCUT2D eigenvalue weighted by molar-refractivity contribution is -0.123. The predicted octanol–water partition coefficient (Wildman–Crippen LogP) is 2.06. The number of hydrogen-bond acceptors (Lipinski definition) is 2. The van der Waals surface area contributed by atoms with E-state index in [-0.39, 0.29) is 0 Å². The number of carbonyl (C=O) groups excluding carboxylic acids is 1. The third-order valence-electron chi connectivity index (χ3n) is 5.35. The first-order chi connectivity index (χ1) is 8.75. The lowest BCUT2D eigenvalue weighted by atomic mass is 9.86. The van der Waals surface area contributed by atoms with Crippen LogP contribution in [0.5, 0.6) is 0 Å². The third-order valence-corrected chi connectivity index (χ3v) is 5.35. The van der Waals surface area contributed by atoms with Crippen molar-refractivity contribution >= 4 is 5.91 Å². The first-order valence-corrected chi connectivity index (χ1v) is 7.79. The molecule has 0 bridgehead atoms. The van der Waals surface area contributed by atoms with Gasteiger partial charge < -0.3 is 11.1 Å². The Kier molecular flexibility index (Phi) is 3.60. The number of hydrogen-bond donors (Lipinski definition) is 2. The van der Waals surface area contributed by atoms with Crippen LogP contribution in [0.1, 0.15) is 51.4 Å². The highest BCUT2D eigenvalue weighted by atomic mass is 16.2. The van der Waals surface area contributed by atoms with Gasteiger partial charge in [-0.1, -0.05) is 19.3 Å². The van der Waals surface area contributed by atoms with Gasteiger partial charge in [0.1, 0.15) is 0 Å². The van der Waals surface area contributed by atoms with Crippen molar-refractivity contribution in [2.45, 2.75) is 57.4 Å². The molecule has 0 radical (unpaired) electrons. The van der Waals surface area contributed by atoms with Crippen molar-refractivity contribution in [1.82, 2.24) is 5.32 Å². The summed E-state index contributed by atoms with van der Waals surface area (Å²) in [6.45, 7) is 0.864. The molecule has 102 valence electrons. The lowest BCUT2D eigenvalue weighted by Gasteiger charge is -2.26. The average Bonchev–Trinajstić information content (AvgIpc) is 3.10. The summed E-state index contributed by atoms with van der Waals surface area (Å²) in [4.78, 5) is 12.2. The van der Waals surface area contributed by atoms with Crippen molar-refractivity contribution in [3.63, 3.8) is 0 Å². The van der Waals surface area contributed by atoms with Gasteiger partial charge in [-0.25, -0.2) is 0 Å². The molecule has 18 heavy (non-hydrogen) atoms. The van der Waals surface area contributed by atoms with E-state index in [9.17, 15) is 4.79 Å². The minimum atomic E-state index is 0.339. The maximum absolute atomic E-state index is 12.2. The second-order valence-electron chi connectivity index (χ2n) is 6.68. The smallest absolute Gasteiger partial charge is 0.223 e. The van der Waals surface area contributed by atoms with Crippen LogP contribution in [0.2, 0.25) is 0 Å². The zero-order valence-electron chi connectivity index (χ0n) is 11.2. The van der Waals surface area contributed by atoms with E-state index >= 15 is 0 Å². The van der Waals surface area contributed by atoms with Crippen molar-refractivity contribution in [2.75, 3.05) is 6.54 Å². The summed E-state index contributed by atoms with van der Waals surface area (Å²) in [5, 5.41) is 3.20. The Balaban J connectivity index is 1.42. The third kappa shape index (κ3) is 2.56. The van der Waals surface area contributed by atoms with E-state index in [0.29, 0.717) is 23.8 Å². The van der Waals surface area contributed by atoms with Crippen LogP contribution < -0.4 is 11.1 Å². The molecule has 0 aromatic heterocycles. The van der Waals surface area contributed by atoms with Crippen molar-refractivity contribution < 1.29 is 4.79 Å². The van der Waals surface area contributed by atoms with Gasteiger partial charge in [-0.05, 0) is 49.9 Å². The molecule has 3 N–H and O–H groups in total. The molecule has 0 saturated heterocycles. The molecule has 0 heterocycles. The SMILES string of the molecule is NC1CCCC(CNC(=O)C2C3CCCCC32)C1. The fraction of sp³-hybridized carbons (Fsp3) is 0.933. The number of rotatable bonds is 3. The van der Waals surface area contributed by atoms with E-state index in [1.165, 1.54) is 38.5 Å². The highest BCUT2D eigenvalue weighted by Crippen LogP contribution is 2.55. The molecule has 0 aromatic rings. The zero-order chi connectivity index (χ0) is 12.5. The van der Waals surface area contributed by atoms with Crippen LogP contribution in [-0.2, 0) is 4.79 Å². The molecule has 4 atom stereocenters. The van der Waals surface area contributed by atoms with Gasteiger partial charge in [0, 0.05) is 18.5 Å². The number of nitrogens with two attached hydrogens (primary N) is 1. The lowest BCUT2D eigenvalue weighted by Crippen LogP contribution is -2.36. The maximum Gasteiger partial charge on any atom is 0.223 e. The van der Waals surface area contributed by atoms with Gasteiger partial charge in [0.25, 0.3) is 0 Å². The van der Waals surface area contributed by atoms with Gasteiger partial charge in [-0.3, -0.25) is 4.79 Å². The number of fused-ring (bicyclic) bond motifs is 1. The number of carbonyl (C=O) groups is 1. The van der Waals surface area contributed by atoms with Crippen LogP contribution >= 0.6 is 0 Å². The quantitative estimate of drug-likeness (QED) is 0.805. The van der Waals surface area contributed by atoms with Gasteiger partial charge in [-0.15, -0.1) is 0 Å². The Morgan fingerprint density at radius 1 is 1.06 bits per heavy atom. The second kappa shape index (κ2) is 5.20. The molecular weight excluding hydrogens is 224 g/mol. The summed E-state index contributed by atoms with van der Waals surface area (Å²) < 4.78 is 0. The van der Waals surface area contributed by atoms with E-state index in [2.05, 4.69) is 5.32 Å². The highest BCUT2D eigenvalue weighted by molar-refractivity contribution is 5.82. The molecule has 0 spiro atoms. The van der Waals surface area contributed by atoms with Crippen molar-refractivity contribution in [2.24, 2.45) is 29.4 Å². The molecule has 3 aliphatic rings. The molecule has 0 aliphatic heterocycles. The molecule has 3 fully saturated rings. The second-order valence-corrected chi connectivity index (χ2v) is 6.68. The summed E-state index contributed by atoms with van der Waals surface area (Å²) in [6, 6.07) is 0.365. The Morgan fingerprint density at radius 2 is 1.78 bits per heavy atom. The Bertz CT molecular complexity index is 306. The zero-order valence-corrected chi connectivity index (χ0v) is 11.2. The summed E-state index contributed by atoms with van der Waals surface area (Å²) in [6.07, 6.45) is 9.98. The highest BCUT2D eigenvalue weighted by Gasteiger charge is 2.54. The minimum absolute atomic E-state index is 0.339. The monoisotopic (exact) mass is 250 g/mol. The standard InChI is InChI=1S/C15H26N2O/c16-11-5-3-4-10(8-11)9-17-15(18)14-12-6-1-2-7-13(12)14/h10-14H,1-9,16H2,(H,17,18). The molecule has 3 heteroatoms. The van der Waals surface area contributed by atoms with Crippen molar-refractivity contribution in [3.8, 4) is 0 Å². The molecule has 3 aliphatic carbocycles. The summed E-state index contributed by atoms with van der Waals surface area (Å²) in [5.41, 5.74) is 5.99. The normalized spacial score (nSPS) is 43.1. The maximum atomic E-state index is 12.2. The number of amides is 1. The van der Waals surface area contributed by atoms with Crippen LogP contribution in [-0.4, -0.2) is 18.5 Å².